The summed E-state index contributed by atoms with van der Waals surface area (Å²) in [6.07, 6.45) is 1.34. The first kappa shape index (κ1) is 20.1. The van der Waals surface area contributed by atoms with E-state index in [1.54, 1.807) is 13.0 Å². The molecule has 0 radical (unpaired) electrons. The molecule has 154 valence electrons. The number of amides is 1. The van der Waals surface area contributed by atoms with E-state index in [1.165, 1.54) is 12.3 Å². The van der Waals surface area contributed by atoms with Crippen molar-refractivity contribution in [2.45, 2.75) is 31.8 Å². The minimum absolute atomic E-state index is 0.0294. The predicted octanol–water partition coefficient (Wildman–Crippen LogP) is 3.93. The first-order valence-electron chi connectivity index (χ1n) is 9.91. The molecular formula is C23H23N3O3S. The predicted molar refractivity (Wildman–Crippen MR) is 118 cm³/mol. The van der Waals surface area contributed by atoms with Crippen molar-refractivity contribution in [3.05, 3.63) is 72.1 Å². The molecule has 4 rings (SSSR count). The van der Waals surface area contributed by atoms with E-state index in [1.807, 2.05) is 30.3 Å². The zero-order valence-electron chi connectivity index (χ0n) is 16.9. The van der Waals surface area contributed by atoms with Gasteiger partial charge in [0.2, 0.25) is 0 Å². The molecule has 4 aromatic rings. The Bertz CT molecular complexity index is 1340. The van der Waals surface area contributed by atoms with Gasteiger partial charge < -0.3 is 9.88 Å². The molecule has 30 heavy (non-hydrogen) atoms. The molecule has 0 aliphatic rings. The molecule has 0 spiro atoms. The molecule has 0 unspecified atom stereocenters. The Labute approximate surface area is 175 Å². The van der Waals surface area contributed by atoms with Crippen LogP contribution in [0.15, 0.2) is 65.7 Å². The highest BCUT2D eigenvalue weighted by Gasteiger charge is 2.14. The van der Waals surface area contributed by atoms with Crippen LogP contribution < -0.4 is 5.32 Å². The molecule has 0 bridgehead atoms. The number of nitrogens with one attached hydrogen (secondary N) is 1. The topological polar surface area (TPSA) is 81.1 Å². The number of hydrogen-bond donors (Lipinski definition) is 1. The van der Waals surface area contributed by atoms with Gasteiger partial charge >= 0.3 is 0 Å². The van der Waals surface area contributed by atoms with Gasteiger partial charge in [-0.2, -0.15) is 0 Å². The van der Waals surface area contributed by atoms with Crippen LogP contribution in [0.25, 0.3) is 21.8 Å². The fourth-order valence-electron chi connectivity index (χ4n) is 3.67. The minimum Gasteiger partial charge on any atom is -0.346 e. The summed E-state index contributed by atoms with van der Waals surface area (Å²) < 4.78 is 26.0. The summed E-state index contributed by atoms with van der Waals surface area (Å²) in [5.41, 5.74) is 3.43. The number of aryl methyl sites for hydroxylation is 1. The maximum absolute atomic E-state index is 12.7. The zero-order valence-corrected chi connectivity index (χ0v) is 17.7. The number of nitrogens with zero attached hydrogens (tertiary/aromatic N) is 2. The molecule has 7 heteroatoms. The molecule has 2 aromatic carbocycles. The lowest BCUT2D eigenvalue weighted by molar-refractivity contribution is 0.0950. The first-order valence-corrected chi connectivity index (χ1v) is 11.6. The van der Waals surface area contributed by atoms with Crippen LogP contribution in [-0.2, 0) is 22.9 Å². The van der Waals surface area contributed by atoms with Gasteiger partial charge in [-0.25, -0.2) is 8.42 Å². The Kier molecular flexibility index (Phi) is 5.30. The summed E-state index contributed by atoms with van der Waals surface area (Å²) in [7, 11) is -3.28. The van der Waals surface area contributed by atoms with Crippen LogP contribution in [0.3, 0.4) is 0 Å². The fraction of sp³-hybridized carbons (Fsp3) is 0.217. The summed E-state index contributed by atoms with van der Waals surface area (Å²) in [5, 5.41) is 5.04. The van der Waals surface area contributed by atoms with Gasteiger partial charge in [-0.15, -0.1) is 0 Å². The summed E-state index contributed by atoms with van der Waals surface area (Å²) in [6.45, 7) is 4.78. The largest absolute Gasteiger partial charge is 0.346 e. The third-order valence-corrected chi connectivity index (χ3v) is 7.04. The molecule has 2 aromatic heterocycles. The molecule has 0 fully saturated rings. The van der Waals surface area contributed by atoms with Crippen molar-refractivity contribution in [2.24, 2.45) is 0 Å². The second-order valence-electron chi connectivity index (χ2n) is 7.06. The van der Waals surface area contributed by atoms with Gasteiger partial charge in [0.1, 0.15) is 0 Å². The number of rotatable bonds is 6. The van der Waals surface area contributed by atoms with Gasteiger partial charge in [-0.1, -0.05) is 25.1 Å². The van der Waals surface area contributed by atoms with Crippen LogP contribution >= 0.6 is 0 Å². The van der Waals surface area contributed by atoms with Crippen molar-refractivity contribution >= 4 is 37.6 Å². The Morgan fingerprint density at radius 2 is 1.77 bits per heavy atom. The molecule has 1 amide bonds. The van der Waals surface area contributed by atoms with Crippen LogP contribution in [-0.4, -0.2) is 29.6 Å². The van der Waals surface area contributed by atoms with Crippen molar-refractivity contribution in [3.63, 3.8) is 0 Å². The Morgan fingerprint density at radius 1 is 1.00 bits per heavy atom. The standard InChI is InChI=1S/C23H23N3O3S/c1-3-26-21-8-6-5-7-19(21)20-13-16(9-12-22(20)26)23(27)25-14-17-10-11-18(15-24-17)30(28,29)4-2/h5-13,15H,3-4,14H2,1-2H3,(H,25,27). The maximum Gasteiger partial charge on any atom is 0.251 e. The van der Waals surface area contributed by atoms with Gasteiger partial charge in [0.15, 0.2) is 9.84 Å². The van der Waals surface area contributed by atoms with Crippen molar-refractivity contribution < 1.29 is 13.2 Å². The molecule has 0 aliphatic heterocycles. The fourth-order valence-corrected chi connectivity index (χ4v) is 4.50. The summed E-state index contributed by atoms with van der Waals surface area (Å²) in [6, 6.07) is 17.1. The summed E-state index contributed by atoms with van der Waals surface area (Å²) in [5.74, 6) is -0.168. The number of carbonyl (C=O) groups excluding carboxylic acids is 1. The number of aromatic nitrogens is 2. The molecule has 0 atom stereocenters. The average Bonchev–Trinajstić information content (AvgIpc) is 3.10. The third kappa shape index (κ3) is 3.57. The lowest BCUT2D eigenvalue weighted by atomic mass is 10.1. The number of fused-ring (bicyclic) bond motifs is 3. The number of benzene rings is 2. The van der Waals surface area contributed by atoms with Gasteiger partial charge in [-0.3, -0.25) is 9.78 Å². The number of carbonyl (C=O) groups is 1. The van der Waals surface area contributed by atoms with E-state index in [4.69, 9.17) is 0 Å². The number of pyridine rings is 1. The second kappa shape index (κ2) is 7.91. The number of para-hydroxylation sites is 1. The van der Waals surface area contributed by atoms with E-state index in [0.29, 0.717) is 11.3 Å². The zero-order chi connectivity index (χ0) is 21.3. The molecule has 0 aliphatic carbocycles. The van der Waals surface area contributed by atoms with E-state index in [-0.39, 0.29) is 23.1 Å². The quantitative estimate of drug-likeness (QED) is 0.511. The normalized spacial score (nSPS) is 11.8. The van der Waals surface area contributed by atoms with Crippen LogP contribution in [0.4, 0.5) is 0 Å². The summed E-state index contributed by atoms with van der Waals surface area (Å²) >= 11 is 0. The van der Waals surface area contributed by atoms with E-state index in [2.05, 4.69) is 33.9 Å². The Morgan fingerprint density at radius 3 is 2.47 bits per heavy atom. The van der Waals surface area contributed by atoms with E-state index >= 15 is 0 Å². The van der Waals surface area contributed by atoms with Crippen LogP contribution in [0.5, 0.6) is 0 Å². The second-order valence-corrected chi connectivity index (χ2v) is 9.34. The lowest BCUT2D eigenvalue weighted by Crippen LogP contribution is -2.23. The lowest BCUT2D eigenvalue weighted by Gasteiger charge is -2.07. The minimum atomic E-state index is -3.28. The van der Waals surface area contributed by atoms with E-state index in [0.717, 1.165) is 28.4 Å². The van der Waals surface area contributed by atoms with Crippen LogP contribution in [0.2, 0.25) is 0 Å². The van der Waals surface area contributed by atoms with Gasteiger partial charge in [-0.05, 0) is 43.3 Å². The molecule has 0 saturated heterocycles. The molecule has 2 heterocycles. The number of hydrogen-bond acceptors (Lipinski definition) is 4. The highest BCUT2D eigenvalue weighted by atomic mass is 32.2. The van der Waals surface area contributed by atoms with Crippen LogP contribution in [0.1, 0.15) is 29.9 Å². The van der Waals surface area contributed by atoms with Crippen molar-refractivity contribution in [3.8, 4) is 0 Å². The van der Waals surface area contributed by atoms with Crippen molar-refractivity contribution in [2.75, 3.05) is 5.75 Å². The third-order valence-electron chi connectivity index (χ3n) is 5.32. The van der Waals surface area contributed by atoms with Gasteiger partial charge in [0.05, 0.1) is 22.9 Å². The van der Waals surface area contributed by atoms with E-state index in [9.17, 15) is 13.2 Å². The maximum atomic E-state index is 12.7. The molecule has 6 nitrogen and oxygen atoms in total. The molecule has 0 saturated carbocycles. The average molecular weight is 422 g/mol. The van der Waals surface area contributed by atoms with Crippen LogP contribution in [0, 0.1) is 0 Å². The molecule has 1 N–H and O–H groups in total. The van der Waals surface area contributed by atoms with Crippen molar-refractivity contribution in [1.29, 1.82) is 0 Å². The Balaban J connectivity index is 1.56. The first-order chi connectivity index (χ1) is 14.4. The number of sulfone groups is 1. The van der Waals surface area contributed by atoms with Gasteiger partial charge in [0.25, 0.3) is 5.91 Å². The van der Waals surface area contributed by atoms with Gasteiger partial charge in [0, 0.05) is 40.1 Å². The summed E-state index contributed by atoms with van der Waals surface area (Å²) in [4.78, 5) is 17.1. The highest BCUT2D eigenvalue weighted by molar-refractivity contribution is 7.91. The highest BCUT2D eigenvalue weighted by Crippen LogP contribution is 2.29. The van der Waals surface area contributed by atoms with Crippen molar-refractivity contribution in [1.82, 2.24) is 14.9 Å². The SMILES string of the molecule is CCn1c2ccccc2c2cc(C(=O)NCc3ccc(S(=O)(=O)CC)cn3)ccc21. The Hall–Kier alpha value is -3.19. The van der Waals surface area contributed by atoms with E-state index < -0.39 is 9.84 Å². The monoisotopic (exact) mass is 421 g/mol. The molecular weight excluding hydrogens is 398 g/mol. The smallest absolute Gasteiger partial charge is 0.251 e.